The molecule has 0 fully saturated rings. The first kappa shape index (κ1) is 21.2. The first-order valence-corrected chi connectivity index (χ1v) is 10.4. The Morgan fingerprint density at radius 1 is 1.21 bits per heavy atom. The van der Waals surface area contributed by atoms with Crippen molar-refractivity contribution < 1.29 is 19.4 Å². The van der Waals surface area contributed by atoms with Gasteiger partial charge in [-0.2, -0.15) is 4.98 Å². The SMILES string of the molecule is COc1cc(NC(=O)CSc2nc(=O)n(CCO)c3c2CCCC3)cc(OC)c1. The van der Waals surface area contributed by atoms with Gasteiger partial charge in [0, 0.05) is 35.1 Å². The highest BCUT2D eigenvalue weighted by Gasteiger charge is 2.21. The molecule has 156 valence electrons. The van der Waals surface area contributed by atoms with Crippen LogP contribution in [-0.4, -0.2) is 47.1 Å². The third-order valence-electron chi connectivity index (χ3n) is 4.75. The first-order chi connectivity index (χ1) is 14.0. The van der Waals surface area contributed by atoms with Crippen molar-refractivity contribution in [2.24, 2.45) is 0 Å². The van der Waals surface area contributed by atoms with Crippen molar-refractivity contribution in [3.63, 3.8) is 0 Å². The van der Waals surface area contributed by atoms with Gasteiger partial charge >= 0.3 is 5.69 Å². The minimum atomic E-state index is -0.375. The number of carbonyl (C=O) groups excluding carboxylic acids is 1. The maximum absolute atomic E-state index is 12.4. The van der Waals surface area contributed by atoms with Gasteiger partial charge in [-0.3, -0.25) is 9.36 Å². The van der Waals surface area contributed by atoms with Gasteiger partial charge in [0.15, 0.2) is 0 Å². The highest BCUT2D eigenvalue weighted by atomic mass is 32.2. The molecule has 2 N–H and O–H groups in total. The second-order valence-electron chi connectivity index (χ2n) is 6.65. The van der Waals surface area contributed by atoms with Crippen LogP contribution < -0.4 is 20.5 Å². The zero-order valence-corrected chi connectivity index (χ0v) is 17.4. The molecule has 0 saturated heterocycles. The molecule has 1 aromatic carbocycles. The lowest BCUT2D eigenvalue weighted by molar-refractivity contribution is -0.113. The summed E-state index contributed by atoms with van der Waals surface area (Å²) in [5.74, 6) is 1.07. The molecular formula is C20H25N3O5S. The van der Waals surface area contributed by atoms with E-state index in [1.807, 2.05) is 0 Å². The standard InChI is InChI=1S/C20H25N3O5S/c1-27-14-9-13(10-15(11-14)28-2)21-18(25)12-29-19-16-5-3-4-6-17(16)23(7-8-24)20(26)22-19/h9-11,24H,3-8,12H2,1-2H3,(H,21,25). The van der Waals surface area contributed by atoms with E-state index >= 15 is 0 Å². The molecule has 1 aliphatic rings. The molecule has 29 heavy (non-hydrogen) atoms. The van der Waals surface area contributed by atoms with Gasteiger partial charge in [-0.05, 0) is 25.7 Å². The average Bonchev–Trinajstić information content (AvgIpc) is 2.74. The van der Waals surface area contributed by atoms with Gasteiger partial charge < -0.3 is 19.9 Å². The van der Waals surface area contributed by atoms with E-state index < -0.39 is 0 Å². The van der Waals surface area contributed by atoms with Crippen molar-refractivity contribution in [3.8, 4) is 11.5 Å². The van der Waals surface area contributed by atoms with E-state index in [9.17, 15) is 14.7 Å². The van der Waals surface area contributed by atoms with E-state index in [1.54, 1.807) is 37.0 Å². The Labute approximate surface area is 173 Å². The summed E-state index contributed by atoms with van der Waals surface area (Å²) in [5.41, 5.74) is 2.15. The summed E-state index contributed by atoms with van der Waals surface area (Å²) < 4.78 is 12.0. The van der Waals surface area contributed by atoms with E-state index in [2.05, 4.69) is 10.3 Å². The third-order valence-corrected chi connectivity index (χ3v) is 5.77. The number of aliphatic hydroxyl groups excluding tert-OH is 1. The van der Waals surface area contributed by atoms with Gasteiger partial charge in [0.25, 0.3) is 0 Å². The number of methoxy groups -OCH3 is 2. The molecule has 1 aliphatic carbocycles. The minimum absolute atomic E-state index is 0.104. The number of aliphatic hydroxyl groups is 1. The molecule has 1 heterocycles. The number of carbonyl (C=O) groups is 1. The summed E-state index contributed by atoms with van der Waals surface area (Å²) in [6, 6.07) is 5.14. The number of benzene rings is 1. The smallest absolute Gasteiger partial charge is 0.348 e. The molecule has 0 bridgehead atoms. The maximum atomic E-state index is 12.4. The van der Waals surface area contributed by atoms with Crippen molar-refractivity contribution in [2.45, 2.75) is 37.3 Å². The lowest BCUT2D eigenvalue weighted by Gasteiger charge is -2.22. The van der Waals surface area contributed by atoms with Gasteiger partial charge in [0.05, 0.1) is 33.1 Å². The normalized spacial score (nSPS) is 12.9. The monoisotopic (exact) mass is 419 g/mol. The van der Waals surface area contributed by atoms with Crippen molar-refractivity contribution in [3.05, 3.63) is 39.9 Å². The number of hydrogen-bond donors (Lipinski definition) is 2. The molecule has 0 saturated carbocycles. The Balaban J connectivity index is 1.74. The molecule has 0 unspecified atom stereocenters. The molecule has 0 atom stereocenters. The summed E-state index contributed by atoms with van der Waals surface area (Å²) >= 11 is 1.26. The molecule has 8 nitrogen and oxygen atoms in total. The summed E-state index contributed by atoms with van der Waals surface area (Å²) in [4.78, 5) is 29.0. The number of nitrogens with zero attached hydrogens (tertiary/aromatic N) is 2. The van der Waals surface area contributed by atoms with E-state index in [1.165, 1.54) is 11.8 Å². The second-order valence-corrected chi connectivity index (χ2v) is 7.61. The fourth-order valence-electron chi connectivity index (χ4n) is 3.41. The van der Waals surface area contributed by atoms with E-state index in [0.717, 1.165) is 36.9 Å². The molecule has 1 amide bonds. The summed E-state index contributed by atoms with van der Waals surface area (Å²) in [5, 5.41) is 12.7. The molecule has 9 heteroatoms. The fraction of sp³-hybridized carbons (Fsp3) is 0.450. The van der Waals surface area contributed by atoms with E-state index in [0.29, 0.717) is 22.2 Å². The predicted octanol–water partition coefficient (Wildman–Crippen LogP) is 1.86. The van der Waals surface area contributed by atoms with E-state index in [4.69, 9.17) is 9.47 Å². The van der Waals surface area contributed by atoms with Crippen molar-refractivity contribution >= 4 is 23.4 Å². The molecule has 0 aliphatic heterocycles. The summed E-state index contributed by atoms with van der Waals surface area (Å²) in [6.07, 6.45) is 3.64. The van der Waals surface area contributed by atoms with Crippen molar-refractivity contribution in [2.75, 3.05) is 31.9 Å². The van der Waals surface area contributed by atoms with Crippen LogP contribution in [0.3, 0.4) is 0 Å². The van der Waals surface area contributed by atoms with Gasteiger partial charge in [-0.25, -0.2) is 4.79 Å². The lowest BCUT2D eigenvalue weighted by Crippen LogP contribution is -2.31. The minimum Gasteiger partial charge on any atom is -0.497 e. The summed E-state index contributed by atoms with van der Waals surface area (Å²) in [6.45, 7) is 0.143. The average molecular weight is 420 g/mol. The molecule has 3 rings (SSSR count). The predicted molar refractivity (Wildman–Crippen MR) is 111 cm³/mol. The Morgan fingerprint density at radius 3 is 2.55 bits per heavy atom. The maximum Gasteiger partial charge on any atom is 0.348 e. The fourth-order valence-corrected chi connectivity index (χ4v) is 4.29. The molecular weight excluding hydrogens is 394 g/mol. The number of aromatic nitrogens is 2. The molecule has 1 aromatic heterocycles. The highest BCUT2D eigenvalue weighted by molar-refractivity contribution is 8.00. The van der Waals surface area contributed by atoms with Crippen LogP contribution in [0.2, 0.25) is 0 Å². The van der Waals surface area contributed by atoms with Crippen LogP contribution >= 0.6 is 11.8 Å². The van der Waals surface area contributed by atoms with Crippen LogP contribution in [0, 0.1) is 0 Å². The van der Waals surface area contributed by atoms with E-state index in [-0.39, 0.29) is 30.5 Å². The van der Waals surface area contributed by atoms with Gasteiger partial charge in [-0.1, -0.05) is 11.8 Å². The van der Waals surface area contributed by atoms with Crippen LogP contribution in [-0.2, 0) is 24.2 Å². The van der Waals surface area contributed by atoms with Crippen LogP contribution in [0.15, 0.2) is 28.0 Å². The molecule has 2 aromatic rings. The Kier molecular flexibility index (Phi) is 7.16. The first-order valence-electron chi connectivity index (χ1n) is 9.45. The van der Waals surface area contributed by atoms with Crippen LogP contribution in [0.25, 0.3) is 0 Å². The van der Waals surface area contributed by atoms with Crippen molar-refractivity contribution in [1.29, 1.82) is 0 Å². The quantitative estimate of drug-likeness (QED) is 0.497. The van der Waals surface area contributed by atoms with Crippen LogP contribution in [0.5, 0.6) is 11.5 Å². The number of ether oxygens (including phenoxy) is 2. The Bertz CT molecular complexity index is 922. The number of fused-ring (bicyclic) bond motifs is 1. The van der Waals surface area contributed by atoms with Gasteiger partial charge in [0.1, 0.15) is 16.5 Å². The number of thioether (sulfide) groups is 1. The lowest BCUT2D eigenvalue weighted by atomic mass is 9.97. The van der Waals surface area contributed by atoms with Gasteiger partial charge in [-0.15, -0.1) is 0 Å². The largest absolute Gasteiger partial charge is 0.497 e. The number of nitrogens with one attached hydrogen (secondary N) is 1. The number of amides is 1. The summed E-state index contributed by atoms with van der Waals surface area (Å²) in [7, 11) is 3.09. The number of rotatable bonds is 8. The van der Waals surface area contributed by atoms with Crippen LogP contribution in [0.4, 0.5) is 5.69 Å². The Morgan fingerprint density at radius 2 is 1.90 bits per heavy atom. The third kappa shape index (κ3) is 5.10. The van der Waals surface area contributed by atoms with Crippen LogP contribution in [0.1, 0.15) is 24.1 Å². The number of hydrogen-bond acceptors (Lipinski definition) is 7. The number of anilines is 1. The topological polar surface area (TPSA) is 103 Å². The zero-order chi connectivity index (χ0) is 20.8. The molecule has 0 radical (unpaired) electrons. The Hall–Kier alpha value is -2.52. The van der Waals surface area contributed by atoms with Crippen molar-refractivity contribution in [1.82, 2.24) is 9.55 Å². The second kappa shape index (κ2) is 9.80. The zero-order valence-electron chi connectivity index (χ0n) is 16.6. The highest BCUT2D eigenvalue weighted by Crippen LogP contribution is 2.29. The molecule has 0 spiro atoms. The van der Waals surface area contributed by atoms with Gasteiger partial charge in [0.2, 0.25) is 5.91 Å².